The van der Waals surface area contributed by atoms with Gasteiger partial charge in [0, 0.05) is 0 Å². The van der Waals surface area contributed by atoms with Crippen LogP contribution >= 0.6 is 0 Å². The molecule has 0 aromatic heterocycles. The predicted octanol–water partition coefficient (Wildman–Crippen LogP) is 6.18. The third kappa shape index (κ3) is 5.49. The molecule has 0 aliphatic heterocycles. The minimum atomic E-state index is -5.12. The van der Waals surface area contributed by atoms with Crippen LogP contribution in [0.15, 0.2) is 24.3 Å². The number of halogens is 5. The zero-order valence-corrected chi connectivity index (χ0v) is 13.5. The Balaban J connectivity index is 1.92. The van der Waals surface area contributed by atoms with Gasteiger partial charge in [-0.1, -0.05) is 12.2 Å². The summed E-state index contributed by atoms with van der Waals surface area (Å²) in [5, 5.41) is 0. The molecule has 0 heterocycles. The second kappa shape index (κ2) is 7.99. The largest absolute Gasteiger partial charge is 0.573 e. The summed E-state index contributed by atoms with van der Waals surface area (Å²) < 4.78 is 67.1. The number of hydrogen-bond acceptors (Lipinski definition) is 1. The van der Waals surface area contributed by atoms with Gasteiger partial charge < -0.3 is 4.74 Å². The molecule has 0 amide bonds. The number of alkyl halides is 3. The second-order valence-corrected chi connectivity index (χ2v) is 6.28. The minimum absolute atomic E-state index is 0.357. The fourth-order valence-electron chi connectivity index (χ4n) is 3.28. The molecular formula is C18H21F5O. The summed E-state index contributed by atoms with van der Waals surface area (Å²) >= 11 is 0. The quantitative estimate of drug-likeness (QED) is 0.456. The van der Waals surface area contributed by atoms with E-state index in [1.54, 1.807) is 0 Å². The maximum atomic E-state index is 13.7. The van der Waals surface area contributed by atoms with Gasteiger partial charge in [-0.05, 0) is 75.0 Å². The van der Waals surface area contributed by atoms with E-state index in [1.807, 2.05) is 6.92 Å². The summed E-state index contributed by atoms with van der Waals surface area (Å²) in [5.41, 5.74) is 0.357. The van der Waals surface area contributed by atoms with E-state index in [4.69, 9.17) is 0 Å². The Hall–Kier alpha value is -1.59. The Labute approximate surface area is 138 Å². The number of rotatable bonds is 5. The van der Waals surface area contributed by atoms with Crippen LogP contribution in [0.25, 0.3) is 0 Å². The zero-order valence-electron chi connectivity index (χ0n) is 13.5. The summed E-state index contributed by atoms with van der Waals surface area (Å²) in [6, 6.07) is 1.85. The van der Waals surface area contributed by atoms with E-state index in [0.29, 0.717) is 23.8 Å². The number of aryl methyl sites for hydroxylation is 1. The van der Waals surface area contributed by atoms with Crippen molar-refractivity contribution in [3.63, 3.8) is 0 Å². The zero-order chi connectivity index (χ0) is 17.7. The fourth-order valence-corrected chi connectivity index (χ4v) is 3.28. The van der Waals surface area contributed by atoms with Gasteiger partial charge in [-0.25, -0.2) is 8.78 Å². The molecule has 2 rings (SSSR count). The van der Waals surface area contributed by atoms with Gasteiger partial charge in [0.25, 0.3) is 0 Å². The summed E-state index contributed by atoms with van der Waals surface area (Å²) in [4.78, 5) is 0. The van der Waals surface area contributed by atoms with Gasteiger partial charge >= 0.3 is 6.36 Å². The van der Waals surface area contributed by atoms with Crippen LogP contribution in [0.5, 0.6) is 5.75 Å². The third-order valence-corrected chi connectivity index (χ3v) is 4.47. The molecule has 1 saturated carbocycles. The van der Waals surface area contributed by atoms with Gasteiger partial charge in [-0.15, -0.1) is 13.2 Å². The second-order valence-electron chi connectivity index (χ2n) is 6.28. The van der Waals surface area contributed by atoms with E-state index in [-0.39, 0.29) is 0 Å². The number of allylic oxidation sites excluding steroid dienone is 2. The van der Waals surface area contributed by atoms with Crippen molar-refractivity contribution >= 4 is 0 Å². The lowest BCUT2D eigenvalue weighted by Crippen LogP contribution is -2.19. The van der Waals surface area contributed by atoms with Crippen molar-refractivity contribution in [2.24, 2.45) is 11.8 Å². The van der Waals surface area contributed by atoms with Crippen LogP contribution in [0.2, 0.25) is 0 Å². The Morgan fingerprint density at radius 1 is 1.08 bits per heavy atom. The smallest absolute Gasteiger partial charge is 0.399 e. The van der Waals surface area contributed by atoms with Crippen molar-refractivity contribution in [2.45, 2.75) is 51.8 Å². The van der Waals surface area contributed by atoms with Gasteiger partial charge in [0.2, 0.25) is 5.75 Å². The van der Waals surface area contributed by atoms with Crippen LogP contribution in [0.3, 0.4) is 0 Å². The number of ether oxygens (including phenoxy) is 1. The molecule has 1 aromatic carbocycles. The maximum Gasteiger partial charge on any atom is 0.573 e. The lowest BCUT2D eigenvalue weighted by atomic mass is 9.79. The highest BCUT2D eigenvalue weighted by atomic mass is 19.4. The molecule has 0 unspecified atom stereocenters. The molecule has 1 nitrogen and oxygen atoms in total. The minimum Gasteiger partial charge on any atom is -0.399 e. The molecule has 0 N–H and O–H groups in total. The molecule has 1 fully saturated rings. The van der Waals surface area contributed by atoms with E-state index >= 15 is 0 Å². The molecule has 0 radical (unpaired) electrons. The van der Waals surface area contributed by atoms with Gasteiger partial charge in [0.05, 0.1) is 0 Å². The van der Waals surface area contributed by atoms with E-state index < -0.39 is 23.7 Å². The van der Waals surface area contributed by atoms with Crippen LogP contribution in [-0.2, 0) is 6.42 Å². The van der Waals surface area contributed by atoms with E-state index in [9.17, 15) is 22.0 Å². The van der Waals surface area contributed by atoms with Crippen LogP contribution in [-0.4, -0.2) is 6.36 Å². The predicted molar refractivity (Wildman–Crippen MR) is 81.6 cm³/mol. The highest BCUT2D eigenvalue weighted by molar-refractivity contribution is 5.31. The average Bonchev–Trinajstić information content (AvgIpc) is 2.50. The fraction of sp³-hybridized carbons (Fsp3) is 0.556. The van der Waals surface area contributed by atoms with Crippen LogP contribution < -0.4 is 4.74 Å². The topological polar surface area (TPSA) is 9.23 Å². The first kappa shape index (κ1) is 18.7. The first-order chi connectivity index (χ1) is 11.3. The van der Waals surface area contributed by atoms with Gasteiger partial charge in [-0.2, -0.15) is 0 Å². The monoisotopic (exact) mass is 348 g/mol. The highest BCUT2D eigenvalue weighted by Gasteiger charge is 2.34. The van der Waals surface area contributed by atoms with Crippen molar-refractivity contribution in [3.05, 3.63) is 41.5 Å². The summed E-state index contributed by atoms with van der Waals surface area (Å²) in [5.74, 6) is -2.93. The summed E-state index contributed by atoms with van der Waals surface area (Å²) in [6.07, 6.45) is 4.72. The molecule has 1 aliphatic carbocycles. The SMILES string of the molecule is C/C=C/[C@H]1CC[C@H](CCc2cc(F)c(OC(F)(F)F)c(F)c2)CC1. The molecule has 24 heavy (non-hydrogen) atoms. The van der Waals surface area contributed by atoms with Crippen molar-refractivity contribution in [3.8, 4) is 5.75 Å². The molecule has 1 aliphatic rings. The van der Waals surface area contributed by atoms with Gasteiger partial charge in [0.15, 0.2) is 11.6 Å². The number of hydrogen-bond donors (Lipinski definition) is 0. The molecule has 134 valence electrons. The molecule has 6 heteroatoms. The lowest BCUT2D eigenvalue weighted by molar-refractivity contribution is -0.276. The van der Waals surface area contributed by atoms with Crippen molar-refractivity contribution in [2.75, 3.05) is 0 Å². The molecule has 0 saturated heterocycles. The Bertz CT molecular complexity index is 548. The first-order valence-corrected chi connectivity index (χ1v) is 8.15. The molecule has 0 atom stereocenters. The molecule has 0 bridgehead atoms. The molecular weight excluding hydrogens is 327 g/mol. The standard InChI is InChI=1S/C18H21F5O/c1-2-3-12-4-6-13(7-5-12)8-9-14-10-15(19)17(16(20)11-14)24-18(21,22)23/h2-3,10-13H,4-9H2,1H3/b3-2+/t12-,13-. The van der Waals surface area contributed by atoms with E-state index in [1.165, 1.54) is 0 Å². The normalized spacial score (nSPS) is 22.1. The molecule has 0 spiro atoms. The Morgan fingerprint density at radius 3 is 2.17 bits per heavy atom. The van der Waals surface area contributed by atoms with E-state index in [0.717, 1.165) is 44.2 Å². The number of benzene rings is 1. The lowest BCUT2D eigenvalue weighted by Gasteiger charge is -2.26. The Morgan fingerprint density at radius 2 is 1.67 bits per heavy atom. The first-order valence-electron chi connectivity index (χ1n) is 8.15. The van der Waals surface area contributed by atoms with Crippen LogP contribution in [0.1, 0.15) is 44.6 Å². The van der Waals surface area contributed by atoms with Crippen LogP contribution in [0.4, 0.5) is 22.0 Å². The van der Waals surface area contributed by atoms with Crippen molar-refractivity contribution in [1.82, 2.24) is 0 Å². The van der Waals surface area contributed by atoms with Gasteiger partial charge in [0.1, 0.15) is 0 Å². The Kier molecular flexibility index (Phi) is 6.24. The molecule has 1 aromatic rings. The van der Waals surface area contributed by atoms with Crippen molar-refractivity contribution < 1.29 is 26.7 Å². The van der Waals surface area contributed by atoms with Gasteiger partial charge in [-0.3, -0.25) is 0 Å². The highest BCUT2D eigenvalue weighted by Crippen LogP contribution is 2.33. The summed E-state index contributed by atoms with van der Waals surface area (Å²) in [6.45, 7) is 2.00. The van der Waals surface area contributed by atoms with E-state index in [2.05, 4.69) is 16.9 Å². The average molecular weight is 348 g/mol. The third-order valence-electron chi connectivity index (χ3n) is 4.47. The van der Waals surface area contributed by atoms with Crippen LogP contribution in [0, 0.1) is 23.5 Å². The summed E-state index contributed by atoms with van der Waals surface area (Å²) in [7, 11) is 0. The maximum absolute atomic E-state index is 13.7. The van der Waals surface area contributed by atoms with Crippen molar-refractivity contribution in [1.29, 1.82) is 0 Å².